The fourth-order valence-electron chi connectivity index (χ4n) is 4.00. The number of aromatic amines is 1. The number of amides is 1. The highest BCUT2D eigenvalue weighted by Crippen LogP contribution is 2.44. The number of rotatable bonds is 4. The topological polar surface area (TPSA) is 119 Å². The summed E-state index contributed by atoms with van der Waals surface area (Å²) in [6.07, 6.45) is 1.34. The smallest absolute Gasteiger partial charge is 0.407 e. The molecule has 5 rings (SSSR count). The van der Waals surface area contributed by atoms with Gasteiger partial charge in [-0.05, 0) is 28.2 Å². The number of anilines is 1. The van der Waals surface area contributed by atoms with E-state index in [2.05, 4.69) is 61.6 Å². The van der Waals surface area contributed by atoms with E-state index in [0.29, 0.717) is 35.5 Å². The van der Waals surface area contributed by atoms with Crippen LogP contribution in [0.1, 0.15) is 29.2 Å². The molecule has 2 heterocycles. The van der Waals surface area contributed by atoms with E-state index >= 15 is 0 Å². The van der Waals surface area contributed by atoms with Crippen molar-refractivity contribution in [1.82, 2.24) is 25.5 Å². The molecular formula is C24H20N6O2. The molecule has 0 fully saturated rings. The minimum Gasteiger partial charge on any atom is -0.449 e. The van der Waals surface area contributed by atoms with Gasteiger partial charge in [-0.25, -0.2) is 14.8 Å². The Morgan fingerprint density at radius 1 is 1.09 bits per heavy atom. The molecule has 0 radical (unpaired) electrons. The molecule has 0 spiro atoms. The molecule has 4 aromatic rings. The van der Waals surface area contributed by atoms with Crippen molar-refractivity contribution in [1.29, 1.82) is 0 Å². The summed E-state index contributed by atoms with van der Waals surface area (Å²) in [5, 5.41) is 10.2. The van der Waals surface area contributed by atoms with Crippen molar-refractivity contribution in [3.63, 3.8) is 0 Å². The molecule has 4 N–H and O–H groups in total. The molecule has 1 aliphatic carbocycles. The fraction of sp³-hybridized carbons (Fsp3) is 0.167. The first kappa shape index (κ1) is 19.6. The van der Waals surface area contributed by atoms with Crippen molar-refractivity contribution in [2.24, 2.45) is 0 Å². The number of nitrogens with two attached hydrogens (primary N) is 1. The largest absolute Gasteiger partial charge is 0.449 e. The number of aromatic nitrogens is 4. The van der Waals surface area contributed by atoms with Crippen LogP contribution >= 0.6 is 0 Å². The van der Waals surface area contributed by atoms with E-state index in [1.165, 1.54) is 28.6 Å². The average Bonchev–Trinajstić information content (AvgIpc) is 3.37. The summed E-state index contributed by atoms with van der Waals surface area (Å²) >= 11 is 0. The number of ether oxygens (including phenoxy) is 1. The molecule has 32 heavy (non-hydrogen) atoms. The Hall–Kier alpha value is -4.38. The van der Waals surface area contributed by atoms with Gasteiger partial charge in [0.15, 0.2) is 5.65 Å². The lowest BCUT2D eigenvalue weighted by Gasteiger charge is -2.14. The van der Waals surface area contributed by atoms with Crippen LogP contribution in [0.3, 0.4) is 0 Å². The maximum atomic E-state index is 12.2. The SMILES string of the molecule is Nc1ncnc2n[nH]c(C#CCCNC(=O)OCC3c4ccccc4-c4ccccc43)c12. The van der Waals surface area contributed by atoms with Crippen molar-refractivity contribution in [2.75, 3.05) is 18.9 Å². The molecule has 0 bridgehead atoms. The van der Waals surface area contributed by atoms with Gasteiger partial charge in [0.25, 0.3) is 0 Å². The third-order valence-electron chi connectivity index (χ3n) is 5.46. The molecule has 8 heteroatoms. The summed E-state index contributed by atoms with van der Waals surface area (Å²) in [5.41, 5.74) is 11.7. The molecule has 0 saturated carbocycles. The van der Waals surface area contributed by atoms with Gasteiger partial charge in [0.1, 0.15) is 24.4 Å². The van der Waals surface area contributed by atoms with Crippen LogP contribution in [-0.4, -0.2) is 39.4 Å². The van der Waals surface area contributed by atoms with Crippen LogP contribution in [0, 0.1) is 11.8 Å². The maximum Gasteiger partial charge on any atom is 0.407 e. The predicted octanol–water partition coefficient (Wildman–Crippen LogP) is 3.22. The number of carbonyl (C=O) groups is 1. The van der Waals surface area contributed by atoms with Crippen molar-refractivity contribution in [2.45, 2.75) is 12.3 Å². The third kappa shape index (κ3) is 3.61. The lowest BCUT2D eigenvalue weighted by molar-refractivity contribution is 0.143. The summed E-state index contributed by atoms with van der Waals surface area (Å²) in [4.78, 5) is 20.2. The van der Waals surface area contributed by atoms with Crippen LogP contribution in [0.15, 0.2) is 54.9 Å². The van der Waals surface area contributed by atoms with Gasteiger partial charge in [-0.3, -0.25) is 5.10 Å². The zero-order valence-corrected chi connectivity index (χ0v) is 17.1. The van der Waals surface area contributed by atoms with Crippen molar-refractivity contribution < 1.29 is 9.53 Å². The van der Waals surface area contributed by atoms with E-state index in [9.17, 15) is 4.79 Å². The van der Waals surface area contributed by atoms with Gasteiger partial charge < -0.3 is 15.8 Å². The number of nitrogens with zero attached hydrogens (tertiary/aromatic N) is 3. The lowest BCUT2D eigenvalue weighted by Crippen LogP contribution is -2.26. The second-order valence-corrected chi connectivity index (χ2v) is 7.36. The number of H-pyrrole nitrogens is 1. The Kier molecular flexibility index (Phi) is 5.14. The Morgan fingerprint density at radius 2 is 1.81 bits per heavy atom. The lowest BCUT2D eigenvalue weighted by atomic mass is 9.98. The number of alkyl carbamates (subject to hydrolysis) is 1. The normalized spacial score (nSPS) is 12.0. The van der Waals surface area contributed by atoms with Crippen LogP contribution in [0.2, 0.25) is 0 Å². The number of nitrogens with one attached hydrogen (secondary N) is 2. The standard InChI is InChI=1S/C24H20N6O2/c25-22-21-20(29-30-23(21)28-14-27-22)11-5-6-12-26-24(31)32-13-19-17-9-3-1-7-15(17)16-8-2-4-10-18(16)19/h1-4,7-10,14,19H,6,12-13H2,(H,26,31)(H3,25,27,28,29,30). The monoisotopic (exact) mass is 424 g/mol. The fourth-order valence-corrected chi connectivity index (χ4v) is 4.00. The van der Waals surface area contributed by atoms with Crippen molar-refractivity contribution >= 4 is 22.9 Å². The third-order valence-corrected chi connectivity index (χ3v) is 5.46. The quantitative estimate of drug-likeness (QED) is 0.342. The van der Waals surface area contributed by atoms with Gasteiger partial charge in [-0.15, -0.1) is 0 Å². The Labute approximate surface area is 184 Å². The number of carbonyl (C=O) groups excluding carboxylic acids is 1. The Morgan fingerprint density at radius 3 is 2.56 bits per heavy atom. The molecule has 0 unspecified atom stereocenters. The minimum atomic E-state index is -0.460. The molecule has 2 aromatic heterocycles. The van der Waals surface area contributed by atoms with E-state index in [1.807, 2.05) is 24.3 Å². The van der Waals surface area contributed by atoms with E-state index in [0.717, 1.165) is 0 Å². The molecule has 158 valence electrons. The Bertz CT molecular complexity index is 1320. The maximum absolute atomic E-state index is 12.2. The molecule has 0 aliphatic heterocycles. The molecule has 0 atom stereocenters. The van der Waals surface area contributed by atoms with Gasteiger partial charge in [0.05, 0.1) is 5.39 Å². The van der Waals surface area contributed by atoms with Crippen LogP contribution < -0.4 is 11.1 Å². The van der Waals surface area contributed by atoms with E-state index in [-0.39, 0.29) is 12.5 Å². The van der Waals surface area contributed by atoms with Crippen molar-refractivity contribution in [3.8, 4) is 23.0 Å². The number of hydrogen-bond acceptors (Lipinski definition) is 6. The van der Waals surface area contributed by atoms with E-state index in [1.54, 1.807) is 0 Å². The predicted molar refractivity (Wildman–Crippen MR) is 121 cm³/mol. The van der Waals surface area contributed by atoms with Crippen LogP contribution in [-0.2, 0) is 4.74 Å². The first-order valence-electron chi connectivity index (χ1n) is 10.2. The number of nitrogen functional groups attached to an aromatic ring is 1. The van der Waals surface area contributed by atoms with Gasteiger partial charge in [0.2, 0.25) is 0 Å². The average molecular weight is 424 g/mol. The highest BCUT2D eigenvalue weighted by atomic mass is 16.5. The number of benzene rings is 2. The molecule has 8 nitrogen and oxygen atoms in total. The zero-order chi connectivity index (χ0) is 21.9. The molecule has 0 saturated heterocycles. The molecule has 1 aliphatic rings. The van der Waals surface area contributed by atoms with Gasteiger partial charge in [-0.1, -0.05) is 54.5 Å². The van der Waals surface area contributed by atoms with Crippen LogP contribution in [0.5, 0.6) is 0 Å². The highest BCUT2D eigenvalue weighted by molar-refractivity contribution is 5.89. The second kappa shape index (κ2) is 8.40. The first-order chi connectivity index (χ1) is 15.7. The van der Waals surface area contributed by atoms with Crippen LogP contribution in [0.25, 0.3) is 22.2 Å². The van der Waals surface area contributed by atoms with Crippen LogP contribution in [0.4, 0.5) is 10.6 Å². The number of hydrogen-bond donors (Lipinski definition) is 3. The Balaban J connectivity index is 1.16. The van der Waals surface area contributed by atoms with Gasteiger partial charge in [0, 0.05) is 18.9 Å². The highest BCUT2D eigenvalue weighted by Gasteiger charge is 2.28. The van der Waals surface area contributed by atoms with Gasteiger partial charge >= 0.3 is 6.09 Å². The first-order valence-corrected chi connectivity index (χ1v) is 10.2. The minimum absolute atomic E-state index is 0.0364. The van der Waals surface area contributed by atoms with Gasteiger partial charge in [-0.2, -0.15) is 5.10 Å². The summed E-state index contributed by atoms with van der Waals surface area (Å²) in [6.45, 7) is 0.646. The summed E-state index contributed by atoms with van der Waals surface area (Å²) in [6, 6.07) is 16.5. The molecule has 2 aromatic carbocycles. The number of fused-ring (bicyclic) bond motifs is 4. The second-order valence-electron chi connectivity index (χ2n) is 7.36. The summed E-state index contributed by atoms with van der Waals surface area (Å²) in [5.74, 6) is 6.30. The van der Waals surface area contributed by atoms with Crippen molar-refractivity contribution in [3.05, 3.63) is 71.7 Å². The van der Waals surface area contributed by atoms with E-state index in [4.69, 9.17) is 10.5 Å². The van der Waals surface area contributed by atoms with E-state index < -0.39 is 6.09 Å². The summed E-state index contributed by atoms with van der Waals surface area (Å²) in [7, 11) is 0. The summed E-state index contributed by atoms with van der Waals surface area (Å²) < 4.78 is 5.52. The molecule has 1 amide bonds. The zero-order valence-electron chi connectivity index (χ0n) is 17.1. The molecular weight excluding hydrogens is 404 g/mol.